The predicted molar refractivity (Wildman–Crippen MR) is 130 cm³/mol. The van der Waals surface area contributed by atoms with Crippen LogP contribution in [0.25, 0.3) is 11.1 Å². The normalized spacial score (nSPS) is 17.9. The molecule has 3 nitrogen and oxygen atoms in total. The molecule has 0 saturated heterocycles. The second-order valence-corrected chi connectivity index (χ2v) is 15.2. The Labute approximate surface area is 188 Å². The summed E-state index contributed by atoms with van der Waals surface area (Å²) in [4.78, 5) is 4.60. The van der Waals surface area contributed by atoms with Gasteiger partial charge in [-0.25, -0.2) is 4.98 Å². The minimum absolute atomic E-state index is 0.0865. The van der Waals surface area contributed by atoms with Crippen molar-refractivity contribution in [2.24, 2.45) is 5.92 Å². The average Bonchev–Trinajstić information content (AvgIpc) is 3.17. The second-order valence-electron chi connectivity index (χ2n) is 10.5. The summed E-state index contributed by atoms with van der Waals surface area (Å²) in [5.74, 6) is 1.97. The molecule has 0 N–H and O–H groups in total. The molecule has 3 aromatic rings. The molecule has 0 spiro atoms. The average molecular weight is 434 g/mol. The molecule has 31 heavy (non-hydrogen) atoms. The number of nitrogens with zero attached hydrogens (tertiary/aromatic N) is 1. The van der Waals surface area contributed by atoms with Gasteiger partial charge in [0.15, 0.2) is 8.32 Å². The van der Waals surface area contributed by atoms with Gasteiger partial charge in [0, 0.05) is 0 Å². The van der Waals surface area contributed by atoms with Gasteiger partial charge in [-0.3, -0.25) is 0 Å². The van der Waals surface area contributed by atoms with E-state index >= 15 is 0 Å². The highest BCUT2D eigenvalue weighted by Gasteiger charge is 2.43. The molecule has 4 rings (SSSR count). The zero-order chi connectivity index (χ0) is 22.2. The van der Waals surface area contributed by atoms with Crippen molar-refractivity contribution in [3.05, 3.63) is 77.5 Å². The largest absolute Gasteiger partial charge is 0.443 e. The van der Waals surface area contributed by atoms with Crippen LogP contribution in [0.4, 0.5) is 0 Å². The third kappa shape index (κ3) is 4.70. The Balaban J connectivity index is 1.61. The third-order valence-corrected chi connectivity index (χ3v) is 11.6. The van der Waals surface area contributed by atoms with Gasteiger partial charge in [-0.1, -0.05) is 69.3 Å². The van der Waals surface area contributed by atoms with Crippen molar-refractivity contribution in [3.8, 4) is 11.1 Å². The van der Waals surface area contributed by atoms with Crippen molar-refractivity contribution in [1.29, 1.82) is 0 Å². The highest BCUT2D eigenvalue weighted by molar-refractivity contribution is 6.74. The summed E-state index contributed by atoms with van der Waals surface area (Å²) >= 11 is 0. The van der Waals surface area contributed by atoms with Crippen molar-refractivity contribution in [3.63, 3.8) is 0 Å². The molecular formula is C27H35NO2Si. The Morgan fingerprint density at radius 1 is 1.03 bits per heavy atom. The molecule has 0 aliphatic heterocycles. The lowest BCUT2D eigenvalue weighted by Gasteiger charge is -2.41. The van der Waals surface area contributed by atoms with Crippen LogP contribution in [0, 0.1) is 12.8 Å². The summed E-state index contributed by atoms with van der Waals surface area (Å²) in [7, 11) is -1.97. The summed E-state index contributed by atoms with van der Waals surface area (Å²) in [6, 6.07) is 17.6. The Kier molecular flexibility index (Phi) is 5.97. The molecule has 1 heterocycles. The van der Waals surface area contributed by atoms with Gasteiger partial charge in [-0.15, -0.1) is 0 Å². The van der Waals surface area contributed by atoms with Crippen LogP contribution in [-0.2, 0) is 17.3 Å². The van der Waals surface area contributed by atoms with Gasteiger partial charge < -0.3 is 8.84 Å². The maximum Gasteiger partial charge on any atom is 0.222 e. The van der Waals surface area contributed by atoms with E-state index in [1.165, 1.54) is 22.3 Å². The Hall–Kier alpha value is -2.17. The summed E-state index contributed by atoms with van der Waals surface area (Å²) in [6.07, 6.45) is 4.89. The van der Waals surface area contributed by atoms with E-state index in [-0.39, 0.29) is 11.1 Å². The number of hydrogen-bond acceptors (Lipinski definition) is 3. The summed E-state index contributed by atoms with van der Waals surface area (Å²) in [5.41, 5.74) is 5.48. The van der Waals surface area contributed by atoms with E-state index < -0.39 is 8.32 Å². The highest BCUT2D eigenvalue weighted by Crippen LogP contribution is 2.44. The number of aromatic nitrogens is 1. The van der Waals surface area contributed by atoms with Crippen molar-refractivity contribution >= 4 is 8.32 Å². The minimum atomic E-state index is -1.97. The molecule has 164 valence electrons. The molecule has 2 aromatic carbocycles. The van der Waals surface area contributed by atoms with Crippen LogP contribution in [-0.4, -0.2) is 13.3 Å². The van der Waals surface area contributed by atoms with E-state index in [2.05, 4.69) is 87.4 Å². The van der Waals surface area contributed by atoms with Crippen LogP contribution in [0.1, 0.15) is 56.1 Å². The topological polar surface area (TPSA) is 35.3 Å². The Morgan fingerprint density at radius 3 is 2.42 bits per heavy atom. The van der Waals surface area contributed by atoms with E-state index in [4.69, 9.17) is 8.84 Å². The van der Waals surface area contributed by atoms with E-state index in [1.54, 1.807) is 0 Å². The van der Waals surface area contributed by atoms with Gasteiger partial charge in [-0.05, 0) is 72.5 Å². The molecule has 2 atom stereocenters. The molecule has 1 aromatic heterocycles. The molecule has 1 aliphatic carbocycles. The fourth-order valence-electron chi connectivity index (χ4n) is 4.20. The molecule has 0 radical (unpaired) electrons. The predicted octanol–water partition coefficient (Wildman–Crippen LogP) is 7.52. The van der Waals surface area contributed by atoms with Gasteiger partial charge in [0.2, 0.25) is 5.89 Å². The molecule has 0 amide bonds. The first-order valence-corrected chi connectivity index (χ1v) is 14.3. The summed E-state index contributed by atoms with van der Waals surface area (Å²) < 4.78 is 12.9. The lowest BCUT2D eigenvalue weighted by atomic mass is 9.80. The molecule has 4 heteroatoms. The summed E-state index contributed by atoms with van der Waals surface area (Å²) in [5, 5.41) is 0.143. The summed E-state index contributed by atoms with van der Waals surface area (Å²) in [6.45, 7) is 13.5. The van der Waals surface area contributed by atoms with Gasteiger partial charge >= 0.3 is 0 Å². The van der Waals surface area contributed by atoms with Gasteiger partial charge in [0.05, 0.1) is 6.20 Å². The first kappa shape index (κ1) is 22.0. The van der Waals surface area contributed by atoms with Crippen LogP contribution in [0.2, 0.25) is 18.1 Å². The van der Waals surface area contributed by atoms with Gasteiger partial charge in [0.25, 0.3) is 0 Å². The molecule has 2 unspecified atom stereocenters. The number of benzene rings is 2. The van der Waals surface area contributed by atoms with Crippen molar-refractivity contribution in [2.45, 2.75) is 71.2 Å². The minimum Gasteiger partial charge on any atom is -0.443 e. The van der Waals surface area contributed by atoms with Crippen molar-refractivity contribution in [2.75, 3.05) is 0 Å². The number of hydrogen-bond donors (Lipinski definition) is 0. The number of fused-ring (bicyclic) bond motifs is 1. The zero-order valence-electron chi connectivity index (χ0n) is 19.7. The molecule has 0 saturated carbocycles. The van der Waals surface area contributed by atoms with E-state index in [0.29, 0.717) is 5.92 Å². The van der Waals surface area contributed by atoms with E-state index in [9.17, 15) is 0 Å². The monoisotopic (exact) mass is 433 g/mol. The smallest absolute Gasteiger partial charge is 0.222 e. The molecule has 1 aliphatic rings. The Bertz CT molecular complexity index is 1030. The third-order valence-electron chi connectivity index (χ3n) is 7.12. The van der Waals surface area contributed by atoms with Gasteiger partial charge in [-0.2, -0.15) is 0 Å². The van der Waals surface area contributed by atoms with Crippen LogP contribution >= 0.6 is 0 Å². The zero-order valence-corrected chi connectivity index (χ0v) is 20.7. The van der Waals surface area contributed by atoms with E-state index in [1.807, 2.05) is 13.1 Å². The Morgan fingerprint density at radius 2 is 1.77 bits per heavy atom. The van der Waals surface area contributed by atoms with Crippen LogP contribution < -0.4 is 0 Å². The molecule has 0 fully saturated rings. The quantitative estimate of drug-likeness (QED) is 0.390. The van der Waals surface area contributed by atoms with Crippen molar-refractivity contribution < 1.29 is 8.84 Å². The highest BCUT2D eigenvalue weighted by atomic mass is 28.4. The first-order valence-electron chi connectivity index (χ1n) is 11.4. The van der Waals surface area contributed by atoms with Crippen LogP contribution in [0.3, 0.4) is 0 Å². The molecular weight excluding hydrogens is 398 g/mol. The fourth-order valence-corrected chi connectivity index (χ4v) is 5.48. The van der Waals surface area contributed by atoms with Crippen LogP contribution in [0.15, 0.2) is 59.1 Å². The fraction of sp³-hybridized carbons (Fsp3) is 0.444. The van der Waals surface area contributed by atoms with E-state index in [0.717, 1.165) is 30.9 Å². The molecule has 0 bridgehead atoms. The maximum atomic E-state index is 6.93. The SMILES string of the molecule is Cc1cnc(C(O[Si](C)(C)C(C)(C)C)C2CCc3cc(-c4ccccc4)ccc3C2)o1. The lowest BCUT2D eigenvalue weighted by molar-refractivity contribution is 0.0818. The number of rotatable bonds is 5. The first-order chi connectivity index (χ1) is 14.6. The number of aryl methyl sites for hydroxylation is 2. The van der Waals surface area contributed by atoms with Crippen LogP contribution in [0.5, 0.6) is 0 Å². The second kappa shape index (κ2) is 8.40. The standard InChI is InChI=1S/C27H35NO2Si/c1-19-18-28-26(29-19)25(30-31(5,6)27(2,3)4)24-15-14-22-16-21(12-13-23(22)17-24)20-10-8-7-9-11-20/h7-13,16,18,24-25H,14-15,17H2,1-6H3. The van der Waals surface area contributed by atoms with Crippen molar-refractivity contribution in [1.82, 2.24) is 4.98 Å². The van der Waals surface area contributed by atoms with Gasteiger partial charge in [0.1, 0.15) is 11.9 Å². The number of oxazole rings is 1. The maximum absolute atomic E-state index is 6.93. The lowest BCUT2D eigenvalue weighted by Crippen LogP contribution is -2.43.